The molecule has 0 aromatic carbocycles. The number of alkyl halides is 3. The van der Waals surface area contributed by atoms with Crippen LogP contribution in [-0.4, -0.2) is 29.1 Å². The zero-order valence-corrected chi connectivity index (χ0v) is 17.9. The summed E-state index contributed by atoms with van der Waals surface area (Å²) in [5.41, 5.74) is 0.102. The molecule has 4 heterocycles. The van der Waals surface area contributed by atoms with E-state index in [1.807, 2.05) is 0 Å². The van der Waals surface area contributed by atoms with Crippen LogP contribution < -0.4 is 5.56 Å². The highest BCUT2D eigenvalue weighted by molar-refractivity contribution is 7.99. The molecule has 0 bridgehead atoms. The first-order chi connectivity index (χ1) is 14.6. The van der Waals surface area contributed by atoms with E-state index in [1.54, 1.807) is 29.8 Å². The highest BCUT2D eigenvalue weighted by Gasteiger charge is 2.31. The molecular weight excluding hydrogens is 476 g/mol. The molecule has 13 heteroatoms. The molecule has 0 spiro atoms. The number of rotatable bonds is 4. The Kier molecular flexibility index (Phi) is 5.67. The lowest BCUT2D eigenvalue weighted by atomic mass is 10.3. The lowest BCUT2D eigenvalue weighted by molar-refractivity contribution is -0.137. The summed E-state index contributed by atoms with van der Waals surface area (Å²) in [5, 5.41) is 4.51. The molecule has 0 saturated carbocycles. The van der Waals surface area contributed by atoms with Gasteiger partial charge in [0.2, 0.25) is 10.9 Å². The monoisotopic (exact) mass is 486 g/mol. The third-order valence-electron chi connectivity index (χ3n) is 4.23. The second-order valence-electron chi connectivity index (χ2n) is 6.42. The van der Waals surface area contributed by atoms with Crippen molar-refractivity contribution in [3.05, 3.63) is 74.0 Å². The second-order valence-corrected chi connectivity index (χ2v) is 8.17. The van der Waals surface area contributed by atoms with E-state index < -0.39 is 17.3 Å². The van der Waals surface area contributed by atoms with Gasteiger partial charge in [-0.25, -0.2) is 9.97 Å². The summed E-state index contributed by atoms with van der Waals surface area (Å²) in [7, 11) is 0. The lowest BCUT2D eigenvalue weighted by Crippen LogP contribution is -2.20. The smallest absolute Gasteiger partial charge is 0.310 e. The Morgan fingerprint density at radius 2 is 1.90 bits per heavy atom. The maximum atomic E-state index is 12.8. The maximum Gasteiger partial charge on any atom is 0.417 e. The Balaban J connectivity index is 1.72. The molecule has 0 unspecified atom stereocenters. The largest absolute Gasteiger partial charge is 0.417 e. The Bertz CT molecular complexity index is 1340. The molecule has 0 N–H and O–H groups in total. The average Bonchev–Trinajstić information content (AvgIpc) is 3.12. The number of hydrogen-bond acceptors (Lipinski definition) is 6. The molecule has 4 aromatic heterocycles. The molecule has 0 aliphatic heterocycles. The number of hydrogen-bond donors (Lipinski definition) is 0. The van der Waals surface area contributed by atoms with Gasteiger partial charge in [-0.3, -0.25) is 4.79 Å². The van der Waals surface area contributed by atoms with Crippen LogP contribution in [0.5, 0.6) is 0 Å². The number of halogens is 5. The van der Waals surface area contributed by atoms with Crippen LogP contribution in [0.25, 0.3) is 5.78 Å². The highest BCUT2D eigenvalue weighted by Crippen LogP contribution is 2.35. The molecule has 0 aliphatic carbocycles. The molecule has 7 nitrogen and oxygen atoms in total. The molecule has 0 fully saturated rings. The van der Waals surface area contributed by atoms with Gasteiger partial charge in [0, 0.05) is 24.2 Å². The molecule has 0 amide bonds. The SMILES string of the molecule is Cc1cc(=O)n2nc(Sc3ncc(C(F)(F)F)cc3Cl)nc2n1Cc1ccc(Cl)nc1. The minimum atomic E-state index is -4.56. The van der Waals surface area contributed by atoms with Crippen LogP contribution in [0, 0.1) is 6.92 Å². The Labute approximate surface area is 186 Å². The fraction of sp³-hybridized carbons (Fsp3) is 0.167. The fourth-order valence-electron chi connectivity index (χ4n) is 2.75. The third-order valence-corrected chi connectivity index (χ3v) is 5.73. The van der Waals surface area contributed by atoms with Crippen molar-refractivity contribution in [1.29, 1.82) is 0 Å². The van der Waals surface area contributed by atoms with E-state index in [9.17, 15) is 18.0 Å². The minimum absolute atomic E-state index is 0.0863. The molecular formula is C18H11Cl2F3N6OS. The molecule has 4 aromatic rings. The minimum Gasteiger partial charge on any atom is -0.310 e. The van der Waals surface area contributed by atoms with Crippen LogP contribution in [0.4, 0.5) is 13.2 Å². The van der Waals surface area contributed by atoms with Crippen molar-refractivity contribution in [1.82, 2.24) is 29.1 Å². The summed E-state index contributed by atoms with van der Waals surface area (Å²) in [6, 6.07) is 5.63. The van der Waals surface area contributed by atoms with Gasteiger partial charge in [0.15, 0.2) is 0 Å². The number of fused-ring (bicyclic) bond motifs is 1. The van der Waals surface area contributed by atoms with Gasteiger partial charge in [-0.2, -0.15) is 22.7 Å². The van der Waals surface area contributed by atoms with E-state index in [1.165, 1.54) is 6.07 Å². The van der Waals surface area contributed by atoms with E-state index in [4.69, 9.17) is 23.2 Å². The van der Waals surface area contributed by atoms with Crippen molar-refractivity contribution in [3.8, 4) is 0 Å². The Morgan fingerprint density at radius 3 is 2.55 bits per heavy atom. The quantitative estimate of drug-likeness (QED) is 0.394. The van der Waals surface area contributed by atoms with E-state index >= 15 is 0 Å². The molecule has 0 aliphatic rings. The summed E-state index contributed by atoms with van der Waals surface area (Å²) >= 11 is 12.6. The van der Waals surface area contributed by atoms with Gasteiger partial charge in [-0.05, 0) is 36.4 Å². The molecule has 0 atom stereocenters. The molecule has 31 heavy (non-hydrogen) atoms. The molecule has 4 rings (SSSR count). The van der Waals surface area contributed by atoms with Crippen LogP contribution in [0.1, 0.15) is 16.8 Å². The first-order valence-electron chi connectivity index (χ1n) is 8.60. The standard InChI is InChI=1S/C18H11Cl2F3N6OS/c1-9-4-14(30)29-17(28(9)8-10-2-3-13(20)24-6-10)26-16(27-29)31-15-12(19)5-11(7-25-15)18(21,22)23/h2-7H,8H2,1H3. The first-order valence-corrected chi connectivity index (χ1v) is 10.2. The van der Waals surface area contributed by atoms with Gasteiger partial charge in [-0.1, -0.05) is 29.3 Å². The van der Waals surface area contributed by atoms with Crippen LogP contribution in [0.3, 0.4) is 0 Å². The molecule has 0 saturated heterocycles. The lowest BCUT2D eigenvalue weighted by Gasteiger charge is -2.11. The second kappa shape index (κ2) is 8.13. The van der Waals surface area contributed by atoms with Crippen molar-refractivity contribution in [3.63, 3.8) is 0 Å². The van der Waals surface area contributed by atoms with E-state index in [0.29, 0.717) is 23.6 Å². The van der Waals surface area contributed by atoms with Crippen LogP contribution in [0.15, 0.2) is 51.6 Å². The predicted octanol–water partition coefficient (Wildman–Crippen LogP) is 4.51. The number of aryl methyl sites for hydroxylation is 1. The van der Waals surface area contributed by atoms with Gasteiger partial charge >= 0.3 is 6.18 Å². The van der Waals surface area contributed by atoms with Crippen LogP contribution in [-0.2, 0) is 12.7 Å². The molecule has 0 radical (unpaired) electrons. The Hall–Kier alpha value is -2.63. The van der Waals surface area contributed by atoms with Crippen molar-refractivity contribution in [2.45, 2.75) is 29.8 Å². The summed E-state index contributed by atoms with van der Waals surface area (Å²) in [4.78, 5) is 24.5. The summed E-state index contributed by atoms with van der Waals surface area (Å²) in [6.45, 7) is 2.10. The van der Waals surface area contributed by atoms with Crippen molar-refractivity contribution in [2.24, 2.45) is 0 Å². The topological polar surface area (TPSA) is 78.0 Å². The highest BCUT2D eigenvalue weighted by atomic mass is 35.5. The van der Waals surface area contributed by atoms with Crippen LogP contribution >= 0.6 is 35.0 Å². The fourth-order valence-corrected chi connectivity index (χ4v) is 3.83. The van der Waals surface area contributed by atoms with Crippen molar-refractivity contribution in [2.75, 3.05) is 0 Å². The summed E-state index contributed by atoms with van der Waals surface area (Å²) in [6.07, 6.45) is -2.27. The Morgan fingerprint density at radius 1 is 1.13 bits per heavy atom. The summed E-state index contributed by atoms with van der Waals surface area (Å²) < 4.78 is 41.3. The maximum absolute atomic E-state index is 12.8. The average molecular weight is 487 g/mol. The predicted molar refractivity (Wildman–Crippen MR) is 109 cm³/mol. The zero-order chi connectivity index (χ0) is 22.3. The van der Waals surface area contributed by atoms with Crippen molar-refractivity contribution >= 4 is 40.7 Å². The normalized spacial score (nSPS) is 11.9. The first kappa shape index (κ1) is 21.6. The number of nitrogens with zero attached hydrogens (tertiary/aromatic N) is 6. The van der Waals surface area contributed by atoms with E-state index in [0.717, 1.165) is 27.9 Å². The number of aromatic nitrogens is 6. The van der Waals surface area contributed by atoms with Gasteiger partial charge in [0.05, 0.1) is 17.1 Å². The zero-order valence-electron chi connectivity index (χ0n) is 15.6. The van der Waals surface area contributed by atoms with Crippen LogP contribution in [0.2, 0.25) is 10.2 Å². The van der Waals surface area contributed by atoms with Gasteiger partial charge in [-0.15, -0.1) is 5.10 Å². The van der Waals surface area contributed by atoms with E-state index in [-0.39, 0.29) is 21.0 Å². The van der Waals surface area contributed by atoms with Gasteiger partial charge in [0.1, 0.15) is 10.2 Å². The van der Waals surface area contributed by atoms with E-state index in [2.05, 4.69) is 20.1 Å². The van der Waals surface area contributed by atoms with Gasteiger partial charge < -0.3 is 4.57 Å². The van der Waals surface area contributed by atoms with Crippen molar-refractivity contribution < 1.29 is 13.2 Å². The molecule has 160 valence electrons. The third kappa shape index (κ3) is 4.53. The number of pyridine rings is 2. The van der Waals surface area contributed by atoms with Gasteiger partial charge in [0.25, 0.3) is 5.56 Å². The summed E-state index contributed by atoms with van der Waals surface area (Å²) in [5.74, 6) is 0.255.